The van der Waals surface area contributed by atoms with Gasteiger partial charge < -0.3 is 19.5 Å². The number of furan rings is 1. The molecule has 1 N–H and O–H groups in total. The number of carbonyl (C=O) groups excluding carboxylic acids is 1. The van der Waals surface area contributed by atoms with Crippen LogP contribution in [-0.2, 0) is 5.41 Å². The minimum absolute atomic E-state index is 0.0593. The zero-order valence-electron chi connectivity index (χ0n) is 14.9. The zero-order valence-corrected chi connectivity index (χ0v) is 14.9. The molecular formula is C19H23N3O3. The molecule has 6 heteroatoms. The molecule has 0 saturated carbocycles. The van der Waals surface area contributed by atoms with Gasteiger partial charge in [-0.15, -0.1) is 0 Å². The first kappa shape index (κ1) is 17.1. The highest BCUT2D eigenvalue weighted by atomic mass is 16.5. The lowest BCUT2D eigenvalue weighted by molar-refractivity contribution is 0.0930. The molecular weight excluding hydrogens is 318 g/mol. The van der Waals surface area contributed by atoms with Crippen LogP contribution in [0.4, 0.5) is 5.69 Å². The SMILES string of the molecule is COc1ccc2c(c1)[C@@](C)(/C=N/N(C)C)C[C@@H](C(=O)c1ccco1)N2. The first-order valence-electron chi connectivity index (χ1n) is 8.18. The lowest BCUT2D eigenvalue weighted by Crippen LogP contribution is -2.43. The average Bonchev–Trinajstić information content (AvgIpc) is 3.13. The van der Waals surface area contributed by atoms with E-state index in [1.165, 1.54) is 6.26 Å². The van der Waals surface area contributed by atoms with Gasteiger partial charge in [0.25, 0.3) is 0 Å². The van der Waals surface area contributed by atoms with Crippen LogP contribution in [0.15, 0.2) is 46.1 Å². The number of rotatable bonds is 5. The summed E-state index contributed by atoms with van der Waals surface area (Å²) < 4.78 is 10.7. The molecule has 0 fully saturated rings. The second-order valence-corrected chi connectivity index (χ2v) is 6.66. The number of ketones is 1. The van der Waals surface area contributed by atoms with E-state index in [4.69, 9.17) is 9.15 Å². The molecule has 0 bridgehead atoms. The van der Waals surface area contributed by atoms with E-state index in [1.54, 1.807) is 24.3 Å². The number of Topliss-reactive ketones (excluding diaryl/α,β-unsaturated/α-hetero) is 1. The van der Waals surface area contributed by atoms with Crippen molar-refractivity contribution in [3.8, 4) is 5.75 Å². The van der Waals surface area contributed by atoms with Crippen molar-refractivity contribution in [1.82, 2.24) is 5.01 Å². The summed E-state index contributed by atoms with van der Waals surface area (Å²) in [6.45, 7) is 2.08. The van der Waals surface area contributed by atoms with E-state index in [1.807, 2.05) is 38.5 Å². The molecule has 1 aliphatic rings. The minimum atomic E-state index is -0.410. The molecule has 0 amide bonds. The van der Waals surface area contributed by atoms with Gasteiger partial charge in [0.05, 0.1) is 19.4 Å². The number of hydrogen-bond donors (Lipinski definition) is 1. The van der Waals surface area contributed by atoms with Gasteiger partial charge in [0.2, 0.25) is 5.78 Å². The van der Waals surface area contributed by atoms with Crippen molar-refractivity contribution in [1.29, 1.82) is 0 Å². The van der Waals surface area contributed by atoms with Gasteiger partial charge in [0.15, 0.2) is 5.76 Å². The first-order chi connectivity index (χ1) is 11.9. The number of fused-ring (bicyclic) bond motifs is 1. The van der Waals surface area contributed by atoms with Crippen LogP contribution in [-0.4, -0.2) is 44.3 Å². The van der Waals surface area contributed by atoms with Crippen LogP contribution in [0.2, 0.25) is 0 Å². The van der Waals surface area contributed by atoms with E-state index < -0.39 is 5.41 Å². The number of ether oxygens (including phenoxy) is 1. The number of hydrazone groups is 1. The Morgan fingerprint density at radius 1 is 1.44 bits per heavy atom. The lowest BCUT2D eigenvalue weighted by Gasteiger charge is -2.38. The Morgan fingerprint density at radius 3 is 2.88 bits per heavy atom. The Hall–Kier alpha value is -2.76. The maximum Gasteiger partial charge on any atom is 0.220 e. The summed E-state index contributed by atoms with van der Waals surface area (Å²) >= 11 is 0. The van der Waals surface area contributed by atoms with E-state index in [0.717, 1.165) is 17.0 Å². The predicted octanol–water partition coefficient (Wildman–Crippen LogP) is 3.16. The van der Waals surface area contributed by atoms with Gasteiger partial charge in [-0.3, -0.25) is 4.79 Å². The standard InChI is InChI=1S/C19H23N3O3/c1-19(12-20-22(2)3)11-16(18(23)17-6-5-9-25-17)21-15-8-7-13(24-4)10-14(15)19/h5-10,12,16,21H,11H2,1-4H3/b20-12+/t16-,19+/m0/s1. The van der Waals surface area contributed by atoms with Gasteiger partial charge in [-0.25, -0.2) is 0 Å². The van der Waals surface area contributed by atoms with Gasteiger partial charge >= 0.3 is 0 Å². The molecule has 0 spiro atoms. The molecule has 0 saturated heterocycles. The summed E-state index contributed by atoms with van der Waals surface area (Å²) in [5, 5.41) is 9.52. The average molecular weight is 341 g/mol. The van der Waals surface area contributed by atoms with Crippen LogP contribution in [0.25, 0.3) is 0 Å². The number of nitrogens with one attached hydrogen (secondary N) is 1. The third-order valence-electron chi connectivity index (χ3n) is 4.45. The Labute approximate surface area is 147 Å². The maximum absolute atomic E-state index is 12.8. The second kappa shape index (κ2) is 6.63. The van der Waals surface area contributed by atoms with E-state index in [0.29, 0.717) is 12.2 Å². The van der Waals surface area contributed by atoms with E-state index >= 15 is 0 Å². The molecule has 1 aliphatic heterocycles. The molecule has 0 aliphatic carbocycles. The Balaban J connectivity index is 2.02. The topological polar surface area (TPSA) is 67.1 Å². The minimum Gasteiger partial charge on any atom is -0.497 e. The third kappa shape index (κ3) is 3.38. The van der Waals surface area contributed by atoms with Crippen molar-refractivity contribution >= 4 is 17.7 Å². The molecule has 3 rings (SSSR count). The predicted molar refractivity (Wildman–Crippen MR) is 97.6 cm³/mol. The summed E-state index contributed by atoms with van der Waals surface area (Å²) in [7, 11) is 5.39. The fourth-order valence-corrected chi connectivity index (χ4v) is 3.14. The Kier molecular flexibility index (Phi) is 4.53. The smallest absolute Gasteiger partial charge is 0.220 e. The monoisotopic (exact) mass is 341 g/mol. The van der Waals surface area contributed by atoms with Crippen LogP contribution in [0.1, 0.15) is 29.5 Å². The molecule has 1 aromatic carbocycles. The molecule has 25 heavy (non-hydrogen) atoms. The van der Waals surface area contributed by atoms with Crippen LogP contribution < -0.4 is 10.1 Å². The van der Waals surface area contributed by atoms with E-state index in [-0.39, 0.29) is 11.8 Å². The zero-order chi connectivity index (χ0) is 18.0. The lowest BCUT2D eigenvalue weighted by atomic mass is 9.73. The van der Waals surface area contributed by atoms with Crippen LogP contribution >= 0.6 is 0 Å². The van der Waals surface area contributed by atoms with Crippen LogP contribution in [0.5, 0.6) is 5.75 Å². The molecule has 0 unspecified atom stereocenters. The maximum atomic E-state index is 12.8. The summed E-state index contributed by atoms with van der Waals surface area (Å²) in [5.41, 5.74) is 1.55. The summed E-state index contributed by atoms with van der Waals surface area (Å²) in [4.78, 5) is 12.8. The normalized spacial score (nSPS) is 22.3. The summed E-state index contributed by atoms with van der Waals surface area (Å²) in [6.07, 6.45) is 3.99. The number of anilines is 1. The molecule has 0 radical (unpaired) electrons. The largest absolute Gasteiger partial charge is 0.497 e. The number of methoxy groups -OCH3 is 1. The Bertz CT molecular complexity index is 783. The highest BCUT2D eigenvalue weighted by Gasteiger charge is 2.39. The molecule has 2 aromatic rings. The molecule has 132 valence electrons. The number of hydrogen-bond acceptors (Lipinski definition) is 6. The second-order valence-electron chi connectivity index (χ2n) is 6.66. The highest BCUT2D eigenvalue weighted by Crippen LogP contribution is 2.40. The van der Waals surface area contributed by atoms with E-state index in [2.05, 4.69) is 17.3 Å². The van der Waals surface area contributed by atoms with Crippen LogP contribution in [0.3, 0.4) is 0 Å². The van der Waals surface area contributed by atoms with Crippen molar-refractivity contribution in [2.75, 3.05) is 26.5 Å². The molecule has 6 nitrogen and oxygen atoms in total. The fraction of sp³-hybridized carbons (Fsp3) is 0.368. The van der Waals surface area contributed by atoms with Crippen molar-refractivity contribution in [2.45, 2.75) is 24.8 Å². The first-order valence-corrected chi connectivity index (χ1v) is 8.18. The van der Waals surface area contributed by atoms with Crippen LogP contribution in [0, 0.1) is 0 Å². The van der Waals surface area contributed by atoms with Gasteiger partial charge in [-0.1, -0.05) is 6.92 Å². The van der Waals surface area contributed by atoms with Crippen molar-refractivity contribution in [3.05, 3.63) is 47.9 Å². The molecule has 1 aromatic heterocycles. The molecule has 2 heterocycles. The summed E-state index contributed by atoms with van der Waals surface area (Å²) in [6, 6.07) is 8.86. The van der Waals surface area contributed by atoms with Gasteiger partial charge in [-0.2, -0.15) is 5.10 Å². The van der Waals surface area contributed by atoms with Crippen molar-refractivity contribution in [3.63, 3.8) is 0 Å². The fourth-order valence-electron chi connectivity index (χ4n) is 3.14. The summed E-state index contributed by atoms with van der Waals surface area (Å²) in [5.74, 6) is 1.08. The van der Waals surface area contributed by atoms with E-state index in [9.17, 15) is 4.79 Å². The third-order valence-corrected chi connectivity index (χ3v) is 4.45. The highest BCUT2D eigenvalue weighted by molar-refractivity contribution is 6.01. The quantitative estimate of drug-likeness (QED) is 0.514. The number of nitrogens with zero attached hydrogens (tertiary/aromatic N) is 2. The Morgan fingerprint density at radius 2 is 2.24 bits per heavy atom. The van der Waals surface area contributed by atoms with Crippen molar-refractivity contribution in [2.24, 2.45) is 5.10 Å². The molecule has 2 atom stereocenters. The van der Waals surface area contributed by atoms with Crippen molar-refractivity contribution < 1.29 is 13.9 Å². The van der Waals surface area contributed by atoms with Gasteiger partial charge in [-0.05, 0) is 42.3 Å². The number of benzene rings is 1. The van der Waals surface area contributed by atoms with Gasteiger partial charge in [0.1, 0.15) is 5.75 Å². The number of carbonyl (C=O) groups is 1. The van der Waals surface area contributed by atoms with Gasteiger partial charge in [0, 0.05) is 31.4 Å².